The lowest BCUT2D eigenvalue weighted by Gasteiger charge is -2.23. The van der Waals surface area contributed by atoms with Crippen LogP contribution < -0.4 is 0 Å². The molecular weight excluding hydrogens is 442 g/mol. The average Bonchev–Trinajstić information content (AvgIpc) is 3.13. The van der Waals surface area contributed by atoms with Crippen molar-refractivity contribution < 1.29 is 43.9 Å². The van der Waals surface area contributed by atoms with Gasteiger partial charge >= 0.3 is 0 Å². The Hall–Kier alpha value is -2.78. The van der Waals surface area contributed by atoms with Gasteiger partial charge in [0.2, 0.25) is 11.6 Å². The maximum atomic E-state index is 14.4. The van der Waals surface area contributed by atoms with E-state index in [1.807, 2.05) is 0 Å². The lowest BCUT2D eigenvalue weighted by molar-refractivity contribution is 0.346. The minimum absolute atomic E-state index is 0.818. The molecule has 2 aromatic carbocycles. The van der Waals surface area contributed by atoms with Crippen molar-refractivity contribution in [2.24, 2.45) is 11.3 Å². The Morgan fingerprint density at radius 1 is 0.452 bits per heavy atom. The Bertz CT molecular complexity index is 1020. The molecule has 0 saturated carbocycles. The summed E-state index contributed by atoms with van der Waals surface area (Å²) in [6, 6.07) is 0. The average molecular weight is 454 g/mol. The second-order valence-electron chi connectivity index (χ2n) is 7.94. The lowest BCUT2D eigenvalue weighted by atomic mass is 9.81. The van der Waals surface area contributed by atoms with Crippen molar-refractivity contribution in [3.05, 3.63) is 81.5 Å². The molecule has 3 rings (SSSR count). The van der Waals surface area contributed by atoms with Crippen LogP contribution in [0.2, 0.25) is 0 Å². The van der Waals surface area contributed by atoms with E-state index in [-0.39, 0.29) is 0 Å². The van der Waals surface area contributed by atoms with Crippen LogP contribution in [0.25, 0.3) is 11.1 Å². The van der Waals surface area contributed by atoms with E-state index in [4.69, 9.17) is 0 Å². The highest BCUT2D eigenvalue weighted by molar-refractivity contribution is 6.07. The molecule has 10 heteroatoms. The molecule has 0 bridgehead atoms. The fourth-order valence-corrected chi connectivity index (χ4v) is 3.21. The first-order valence-corrected chi connectivity index (χ1v) is 8.67. The summed E-state index contributed by atoms with van der Waals surface area (Å²) in [5.41, 5.74) is -5.69. The zero-order valence-electron chi connectivity index (χ0n) is 16.0. The molecule has 0 amide bonds. The predicted octanol–water partition coefficient (Wildman–Crippen LogP) is 7.22. The van der Waals surface area contributed by atoms with Crippen LogP contribution in [0.1, 0.15) is 31.9 Å². The van der Waals surface area contributed by atoms with Gasteiger partial charge in [-0.3, -0.25) is 0 Å². The van der Waals surface area contributed by atoms with E-state index >= 15 is 0 Å². The normalized spacial score (nSPS) is 14.9. The Morgan fingerprint density at radius 3 is 0.903 bits per heavy atom. The molecule has 0 aliphatic heterocycles. The van der Waals surface area contributed by atoms with Crippen LogP contribution in [0.15, 0.2) is 12.2 Å². The van der Waals surface area contributed by atoms with Gasteiger partial charge in [-0.1, -0.05) is 32.9 Å². The SMILES string of the molecule is CC(C)(C)C1C=C(c2c(F)c(F)c(F)c(F)c2F)C(c2c(F)c(F)c(F)c(F)c2F)=C1. The molecule has 0 unspecified atom stereocenters. The molecule has 31 heavy (non-hydrogen) atoms. The summed E-state index contributed by atoms with van der Waals surface area (Å²) in [7, 11) is 0. The largest absolute Gasteiger partial charge is 0.203 e. The van der Waals surface area contributed by atoms with Crippen LogP contribution in [0, 0.1) is 69.5 Å². The zero-order chi connectivity index (χ0) is 23.6. The summed E-state index contributed by atoms with van der Waals surface area (Å²) in [6.45, 7) is 4.72. The summed E-state index contributed by atoms with van der Waals surface area (Å²) in [6.07, 6.45) is 1.90. The van der Waals surface area contributed by atoms with Gasteiger partial charge in [0.15, 0.2) is 46.5 Å². The van der Waals surface area contributed by atoms with E-state index in [1.165, 1.54) is 0 Å². The van der Waals surface area contributed by atoms with Gasteiger partial charge in [-0.15, -0.1) is 0 Å². The quantitative estimate of drug-likeness (QED) is 0.255. The smallest absolute Gasteiger partial charge is 0.200 e. The number of halogens is 10. The predicted molar refractivity (Wildman–Crippen MR) is 91.4 cm³/mol. The van der Waals surface area contributed by atoms with Crippen LogP contribution >= 0.6 is 0 Å². The van der Waals surface area contributed by atoms with Gasteiger partial charge in [-0.05, 0) is 16.6 Å². The van der Waals surface area contributed by atoms with E-state index in [9.17, 15) is 43.9 Å². The Morgan fingerprint density at radius 2 is 0.677 bits per heavy atom. The van der Waals surface area contributed by atoms with Crippen LogP contribution in [-0.2, 0) is 0 Å². The highest BCUT2D eigenvalue weighted by Gasteiger charge is 2.38. The van der Waals surface area contributed by atoms with Crippen molar-refractivity contribution in [1.82, 2.24) is 0 Å². The summed E-state index contributed by atoms with van der Waals surface area (Å²) >= 11 is 0. The minimum Gasteiger partial charge on any atom is -0.203 e. The topological polar surface area (TPSA) is 0 Å². The highest BCUT2D eigenvalue weighted by atomic mass is 19.2. The van der Waals surface area contributed by atoms with E-state index < -0.39 is 91.8 Å². The van der Waals surface area contributed by atoms with Gasteiger partial charge in [-0.2, -0.15) is 0 Å². The number of hydrogen-bond donors (Lipinski definition) is 0. The molecule has 2 aromatic rings. The Kier molecular flexibility index (Phi) is 5.48. The monoisotopic (exact) mass is 454 g/mol. The van der Waals surface area contributed by atoms with E-state index in [1.54, 1.807) is 20.8 Å². The molecule has 0 atom stereocenters. The standard InChI is InChI=1S/C21H12F10/c1-21(2,3)6-4-7(9-11(22)15(26)19(30)16(27)12(9)23)8(5-6)10-13(24)17(28)20(31)18(29)14(10)25/h4-6H,1-3H3. The number of rotatable bonds is 2. The molecule has 166 valence electrons. The lowest BCUT2D eigenvalue weighted by Crippen LogP contribution is -2.15. The molecule has 0 radical (unpaired) electrons. The summed E-state index contributed by atoms with van der Waals surface area (Å²) in [5.74, 6) is -24.4. The fraction of sp³-hybridized carbons (Fsp3) is 0.238. The van der Waals surface area contributed by atoms with E-state index in [0.29, 0.717) is 0 Å². The highest BCUT2D eigenvalue weighted by Crippen LogP contribution is 2.47. The summed E-state index contributed by atoms with van der Waals surface area (Å²) in [5, 5.41) is 0. The Balaban J connectivity index is 2.42. The number of benzene rings is 2. The molecule has 0 N–H and O–H groups in total. The first-order chi connectivity index (χ1) is 14.2. The number of allylic oxidation sites excluding steroid dienone is 4. The van der Waals surface area contributed by atoms with Gasteiger partial charge in [0, 0.05) is 5.92 Å². The van der Waals surface area contributed by atoms with Gasteiger partial charge in [0.1, 0.15) is 0 Å². The summed E-state index contributed by atoms with van der Waals surface area (Å²) in [4.78, 5) is 0. The number of hydrogen-bond acceptors (Lipinski definition) is 0. The van der Waals surface area contributed by atoms with E-state index in [2.05, 4.69) is 0 Å². The maximum Gasteiger partial charge on any atom is 0.200 e. The third-order valence-electron chi connectivity index (χ3n) is 4.94. The molecule has 1 aliphatic carbocycles. The van der Waals surface area contributed by atoms with E-state index in [0.717, 1.165) is 12.2 Å². The van der Waals surface area contributed by atoms with Crippen LogP contribution in [0.5, 0.6) is 0 Å². The van der Waals surface area contributed by atoms with Crippen molar-refractivity contribution in [2.45, 2.75) is 20.8 Å². The van der Waals surface area contributed by atoms with Gasteiger partial charge in [0.25, 0.3) is 0 Å². The van der Waals surface area contributed by atoms with Crippen LogP contribution in [0.4, 0.5) is 43.9 Å². The fourth-order valence-electron chi connectivity index (χ4n) is 3.21. The van der Waals surface area contributed by atoms with Crippen molar-refractivity contribution in [3.63, 3.8) is 0 Å². The van der Waals surface area contributed by atoms with Crippen LogP contribution in [-0.4, -0.2) is 0 Å². The minimum atomic E-state index is -2.47. The molecule has 0 heterocycles. The van der Waals surface area contributed by atoms with Gasteiger partial charge in [-0.25, -0.2) is 43.9 Å². The molecular formula is C21H12F10. The maximum absolute atomic E-state index is 14.4. The summed E-state index contributed by atoms with van der Waals surface area (Å²) < 4.78 is 139. The molecule has 0 nitrogen and oxygen atoms in total. The third-order valence-corrected chi connectivity index (χ3v) is 4.94. The first kappa shape index (κ1) is 22.9. The van der Waals surface area contributed by atoms with Crippen molar-refractivity contribution in [3.8, 4) is 0 Å². The molecule has 0 aromatic heterocycles. The Labute approximate surface area is 169 Å². The molecule has 0 fully saturated rings. The molecule has 1 aliphatic rings. The van der Waals surface area contributed by atoms with Gasteiger partial charge < -0.3 is 0 Å². The van der Waals surface area contributed by atoms with Crippen molar-refractivity contribution >= 4 is 11.1 Å². The van der Waals surface area contributed by atoms with Crippen LogP contribution in [0.3, 0.4) is 0 Å². The second kappa shape index (κ2) is 7.42. The zero-order valence-corrected chi connectivity index (χ0v) is 16.0. The second-order valence-corrected chi connectivity index (χ2v) is 7.94. The first-order valence-electron chi connectivity index (χ1n) is 8.67. The third kappa shape index (κ3) is 3.41. The van der Waals surface area contributed by atoms with Crippen molar-refractivity contribution in [2.75, 3.05) is 0 Å². The molecule has 0 saturated heterocycles. The van der Waals surface area contributed by atoms with Gasteiger partial charge in [0.05, 0.1) is 11.1 Å². The van der Waals surface area contributed by atoms with Crippen molar-refractivity contribution in [1.29, 1.82) is 0 Å². The molecule has 0 spiro atoms.